The van der Waals surface area contributed by atoms with Crippen LogP contribution in [0.2, 0.25) is 10.0 Å². The number of halogens is 3. The van der Waals surface area contributed by atoms with Crippen molar-refractivity contribution in [3.05, 3.63) is 39.6 Å². The number of anilines is 1. The van der Waals surface area contributed by atoms with Gasteiger partial charge in [-0.2, -0.15) is 0 Å². The molecule has 1 aromatic rings. The van der Waals surface area contributed by atoms with Gasteiger partial charge >= 0.3 is 0 Å². The molecule has 3 nitrogen and oxygen atoms in total. The van der Waals surface area contributed by atoms with Gasteiger partial charge in [0.15, 0.2) is 0 Å². The van der Waals surface area contributed by atoms with Gasteiger partial charge in [-0.15, -0.1) is 0 Å². The lowest BCUT2D eigenvalue weighted by Crippen LogP contribution is -2.34. The van der Waals surface area contributed by atoms with E-state index in [1.807, 2.05) is 0 Å². The number of allylic oxidation sites excluding steroid dienone is 2. The van der Waals surface area contributed by atoms with E-state index in [1.165, 1.54) is 5.01 Å². The summed E-state index contributed by atoms with van der Waals surface area (Å²) in [6.45, 7) is 0. The van der Waals surface area contributed by atoms with Crippen LogP contribution in [0.5, 0.6) is 0 Å². The first-order valence-electron chi connectivity index (χ1n) is 5.59. The predicted octanol–water partition coefficient (Wildman–Crippen LogP) is 3.65. The highest BCUT2D eigenvalue weighted by atomic mass is 79.9. The van der Waals surface area contributed by atoms with Crippen molar-refractivity contribution in [3.8, 4) is 0 Å². The van der Waals surface area contributed by atoms with Crippen LogP contribution in [0.4, 0.5) is 5.69 Å². The van der Waals surface area contributed by atoms with Crippen LogP contribution in [0.1, 0.15) is 12.8 Å². The summed E-state index contributed by atoms with van der Waals surface area (Å²) in [5.41, 5.74) is 8.32. The number of hydrogen-bond acceptors (Lipinski definition) is 3. The number of hydrazine groups is 1. The van der Waals surface area contributed by atoms with E-state index in [9.17, 15) is 0 Å². The van der Waals surface area contributed by atoms with Crippen LogP contribution in [0.3, 0.4) is 0 Å². The first kappa shape index (κ1) is 14.0. The third-order valence-corrected chi connectivity index (χ3v) is 4.09. The fourth-order valence-corrected chi connectivity index (χ4v) is 2.94. The van der Waals surface area contributed by atoms with E-state index in [-0.39, 0.29) is 0 Å². The zero-order valence-corrected chi connectivity index (χ0v) is 12.8. The molecule has 98 valence electrons. The molecule has 0 radical (unpaired) electrons. The molecule has 1 aromatic carbocycles. The standard InChI is InChI=1S/C12H14BrCl2N3/c13-6-10(11(16)7-4-5-7)18(17)12-8(14)2-1-3-9(12)15/h1-3,7H,4-6,16-17H2/b11-10-. The van der Waals surface area contributed by atoms with Crippen LogP contribution in [0.25, 0.3) is 0 Å². The monoisotopic (exact) mass is 349 g/mol. The zero-order valence-electron chi connectivity index (χ0n) is 9.67. The minimum absolute atomic E-state index is 0.435. The maximum Gasteiger partial charge on any atom is 0.0944 e. The topological polar surface area (TPSA) is 55.3 Å². The van der Waals surface area contributed by atoms with Gasteiger partial charge < -0.3 is 5.73 Å². The summed E-state index contributed by atoms with van der Waals surface area (Å²) in [6.07, 6.45) is 2.23. The van der Waals surface area contributed by atoms with Crippen LogP contribution in [-0.2, 0) is 0 Å². The van der Waals surface area contributed by atoms with Crippen molar-refractivity contribution >= 4 is 44.8 Å². The Hall–Kier alpha value is -0.420. The van der Waals surface area contributed by atoms with Crippen LogP contribution in [-0.4, -0.2) is 5.33 Å². The molecule has 2 rings (SSSR count). The van der Waals surface area contributed by atoms with E-state index in [0.29, 0.717) is 27.0 Å². The molecular weight excluding hydrogens is 337 g/mol. The van der Waals surface area contributed by atoms with Crippen LogP contribution in [0, 0.1) is 5.92 Å². The average Bonchev–Trinajstić information content (AvgIpc) is 3.13. The van der Waals surface area contributed by atoms with Gasteiger partial charge in [-0.3, -0.25) is 5.01 Å². The number of benzene rings is 1. The average molecular weight is 351 g/mol. The lowest BCUT2D eigenvalue weighted by molar-refractivity contribution is 0.890. The molecule has 0 aromatic heterocycles. The lowest BCUT2D eigenvalue weighted by Gasteiger charge is -2.24. The highest BCUT2D eigenvalue weighted by Gasteiger charge is 2.28. The third kappa shape index (κ3) is 2.77. The summed E-state index contributed by atoms with van der Waals surface area (Å²) >= 11 is 15.7. The number of alkyl halides is 1. The molecule has 0 aliphatic heterocycles. The Bertz CT molecular complexity index is 466. The van der Waals surface area contributed by atoms with Crippen LogP contribution < -0.4 is 16.6 Å². The van der Waals surface area contributed by atoms with E-state index in [2.05, 4.69) is 15.9 Å². The maximum absolute atomic E-state index is 6.14. The van der Waals surface area contributed by atoms with Gasteiger partial charge in [0, 0.05) is 16.9 Å². The first-order valence-corrected chi connectivity index (χ1v) is 7.47. The number of hydrogen-bond donors (Lipinski definition) is 2. The molecule has 6 heteroatoms. The fraction of sp³-hybridized carbons (Fsp3) is 0.333. The number of rotatable bonds is 4. The van der Waals surface area contributed by atoms with Crippen molar-refractivity contribution < 1.29 is 0 Å². The molecule has 0 saturated heterocycles. The Balaban J connectivity index is 2.40. The zero-order chi connectivity index (χ0) is 13.3. The summed E-state index contributed by atoms with van der Waals surface area (Å²) in [5, 5.41) is 3.06. The van der Waals surface area contributed by atoms with Crippen molar-refractivity contribution in [2.24, 2.45) is 17.5 Å². The van der Waals surface area contributed by atoms with Gasteiger partial charge in [0.2, 0.25) is 0 Å². The van der Waals surface area contributed by atoms with Gasteiger partial charge in [-0.25, -0.2) is 5.84 Å². The third-order valence-electron chi connectivity index (χ3n) is 2.95. The van der Waals surface area contributed by atoms with Gasteiger partial charge in [0.05, 0.1) is 21.4 Å². The van der Waals surface area contributed by atoms with Crippen LogP contribution in [0.15, 0.2) is 29.6 Å². The molecule has 0 unspecified atom stereocenters. The van der Waals surface area contributed by atoms with Crippen molar-refractivity contribution in [3.63, 3.8) is 0 Å². The molecule has 1 aliphatic carbocycles. The molecule has 0 spiro atoms. The summed E-state index contributed by atoms with van der Waals surface area (Å²) < 4.78 is 0. The highest BCUT2D eigenvalue weighted by Crippen LogP contribution is 2.39. The van der Waals surface area contributed by atoms with Crippen molar-refractivity contribution in [2.75, 3.05) is 10.3 Å². The fourth-order valence-electron chi connectivity index (χ4n) is 1.76. The Morgan fingerprint density at radius 2 is 1.89 bits per heavy atom. The Kier molecular flexibility index (Phi) is 4.43. The minimum Gasteiger partial charge on any atom is -0.400 e. The lowest BCUT2D eigenvalue weighted by atomic mass is 10.2. The van der Waals surface area contributed by atoms with Gasteiger partial charge in [-0.05, 0) is 25.0 Å². The second kappa shape index (κ2) is 5.70. The van der Waals surface area contributed by atoms with E-state index in [4.69, 9.17) is 34.8 Å². The molecule has 0 heterocycles. The second-order valence-electron chi connectivity index (χ2n) is 4.25. The molecule has 0 amide bonds. The smallest absolute Gasteiger partial charge is 0.0944 e. The molecule has 1 aliphatic rings. The minimum atomic E-state index is 0.435. The molecule has 4 N–H and O–H groups in total. The Labute approximate surface area is 125 Å². The van der Waals surface area contributed by atoms with Crippen molar-refractivity contribution in [1.29, 1.82) is 0 Å². The summed E-state index contributed by atoms with van der Waals surface area (Å²) in [7, 11) is 0. The molecule has 0 bridgehead atoms. The molecular formula is C12H14BrCl2N3. The van der Waals surface area contributed by atoms with E-state index in [1.54, 1.807) is 18.2 Å². The summed E-state index contributed by atoms with van der Waals surface area (Å²) in [4.78, 5) is 0. The summed E-state index contributed by atoms with van der Waals surface area (Å²) in [5.74, 6) is 6.55. The van der Waals surface area contributed by atoms with Gasteiger partial charge in [0.25, 0.3) is 0 Å². The molecule has 1 fully saturated rings. The Morgan fingerprint density at radius 1 is 1.33 bits per heavy atom. The molecule has 18 heavy (non-hydrogen) atoms. The van der Waals surface area contributed by atoms with Crippen LogP contribution >= 0.6 is 39.1 Å². The predicted molar refractivity (Wildman–Crippen MR) is 80.9 cm³/mol. The first-order chi connectivity index (χ1) is 8.56. The molecule has 0 atom stereocenters. The van der Waals surface area contributed by atoms with Gasteiger partial charge in [0.1, 0.15) is 0 Å². The number of para-hydroxylation sites is 1. The van der Waals surface area contributed by atoms with E-state index >= 15 is 0 Å². The SMILES string of the molecule is N/C(=C(/CBr)N(N)c1c(Cl)cccc1Cl)C1CC1. The largest absolute Gasteiger partial charge is 0.400 e. The van der Waals surface area contributed by atoms with E-state index in [0.717, 1.165) is 24.2 Å². The second-order valence-corrected chi connectivity index (χ2v) is 5.63. The highest BCUT2D eigenvalue weighted by molar-refractivity contribution is 9.09. The normalized spacial score (nSPS) is 16.4. The number of nitrogens with two attached hydrogens (primary N) is 2. The quantitative estimate of drug-likeness (QED) is 0.495. The maximum atomic E-state index is 6.14. The van der Waals surface area contributed by atoms with Crippen molar-refractivity contribution in [1.82, 2.24) is 0 Å². The Morgan fingerprint density at radius 3 is 2.33 bits per heavy atom. The molecule has 1 saturated carbocycles. The van der Waals surface area contributed by atoms with Gasteiger partial charge in [-0.1, -0.05) is 45.2 Å². The van der Waals surface area contributed by atoms with E-state index < -0.39 is 0 Å². The summed E-state index contributed by atoms with van der Waals surface area (Å²) in [6, 6.07) is 5.29. The number of nitrogens with zero attached hydrogens (tertiary/aromatic N) is 1. The van der Waals surface area contributed by atoms with Crippen molar-refractivity contribution in [2.45, 2.75) is 12.8 Å².